The van der Waals surface area contributed by atoms with Crippen LogP contribution < -0.4 is 10.0 Å². The zero-order valence-electron chi connectivity index (χ0n) is 17.3. The molecule has 3 aliphatic rings. The average Bonchev–Trinajstić information content (AvgIpc) is 3.45. The molecular weight excluding hydrogens is 418 g/mol. The normalized spacial score (nSPS) is 20.9. The fourth-order valence-electron chi connectivity index (χ4n) is 5.13. The molecule has 1 unspecified atom stereocenters. The van der Waals surface area contributed by atoms with Gasteiger partial charge in [0.05, 0.1) is 5.71 Å². The van der Waals surface area contributed by atoms with E-state index in [1.165, 1.54) is 17.2 Å². The van der Waals surface area contributed by atoms with E-state index in [2.05, 4.69) is 21.3 Å². The third-order valence-corrected chi connectivity index (χ3v) is 7.68. The summed E-state index contributed by atoms with van der Waals surface area (Å²) in [7, 11) is -4.22. The number of carbonyl (C=O) groups excluding carboxylic acids is 1. The molecule has 1 aromatic carbocycles. The Labute approximate surface area is 180 Å². The lowest BCUT2D eigenvalue weighted by molar-refractivity contribution is 0.256. The number of aryl methyl sites for hydroxylation is 2. The average molecular weight is 444 g/mol. The second kappa shape index (κ2) is 7.40. The molecule has 3 N–H and O–H groups in total. The first-order valence-corrected chi connectivity index (χ1v) is 12.2. The van der Waals surface area contributed by atoms with E-state index < -0.39 is 16.1 Å². The Balaban J connectivity index is 1.40. The summed E-state index contributed by atoms with van der Waals surface area (Å²) in [4.78, 5) is 12.7. The number of furan rings is 1. The van der Waals surface area contributed by atoms with E-state index in [9.17, 15) is 18.4 Å². The number of urea groups is 1. The number of sulfonamides is 1. The van der Waals surface area contributed by atoms with Crippen molar-refractivity contribution in [3.63, 3.8) is 0 Å². The highest BCUT2D eigenvalue weighted by Gasteiger charge is 2.31. The Kier molecular flexibility index (Phi) is 4.80. The van der Waals surface area contributed by atoms with Crippen molar-refractivity contribution in [1.82, 2.24) is 4.72 Å². The molecule has 2 aromatic rings. The van der Waals surface area contributed by atoms with Gasteiger partial charge in [-0.05, 0) is 73.1 Å². The lowest BCUT2D eigenvalue weighted by Crippen LogP contribution is -2.34. The standard InChI is InChI=1S/C22H25N3O5S/c1-12-8-18(24-27)17-11-20(30-19(17)9-12)31(28,29)25-22(26)23-21-15-6-2-4-13(15)10-14-5-3-7-16(14)21/h10-12,27H,2-9H2,1H3,(H2,23,25,26)/b24-18-. The van der Waals surface area contributed by atoms with Crippen molar-refractivity contribution in [2.75, 3.05) is 5.32 Å². The Morgan fingerprint density at radius 3 is 2.42 bits per heavy atom. The van der Waals surface area contributed by atoms with Gasteiger partial charge in [0, 0.05) is 23.7 Å². The quantitative estimate of drug-likeness (QED) is 0.495. The molecule has 31 heavy (non-hydrogen) atoms. The van der Waals surface area contributed by atoms with Crippen LogP contribution in [0.2, 0.25) is 0 Å². The number of oxime groups is 1. The van der Waals surface area contributed by atoms with E-state index in [1.807, 2.05) is 6.92 Å². The number of anilines is 1. The van der Waals surface area contributed by atoms with Gasteiger partial charge in [-0.3, -0.25) is 0 Å². The number of amides is 2. The van der Waals surface area contributed by atoms with E-state index >= 15 is 0 Å². The van der Waals surface area contributed by atoms with Crippen LogP contribution in [0.5, 0.6) is 0 Å². The summed E-state index contributed by atoms with van der Waals surface area (Å²) in [6.45, 7) is 1.97. The van der Waals surface area contributed by atoms with Gasteiger partial charge in [0.25, 0.3) is 10.0 Å². The lowest BCUT2D eigenvalue weighted by atomic mass is 9.88. The first-order valence-electron chi connectivity index (χ1n) is 10.7. The molecule has 1 aromatic heterocycles. The van der Waals surface area contributed by atoms with Gasteiger partial charge in [0.1, 0.15) is 5.76 Å². The van der Waals surface area contributed by atoms with E-state index in [4.69, 9.17) is 4.42 Å². The van der Waals surface area contributed by atoms with Crippen molar-refractivity contribution in [1.29, 1.82) is 0 Å². The third-order valence-electron chi connectivity index (χ3n) is 6.50. The molecule has 1 heterocycles. The van der Waals surface area contributed by atoms with Gasteiger partial charge in [-0.25, -0.2) is 9.52 Å². The highest BCUT2D eigenvalue weighted by Crippen LogP contribution is 2.38. The molecule has 5 rings (SSSR count). The molecule has 0 aliphatic heterocycles. The first-order chi connectivity index (χ1) is 14.9. The predicted octanol–water partition coefficient (Wildman–Crippen LogP) is 3.53. The fraction of sp³-hybridized carbons (Fsp3) is 0.455. The monoisotopic (exact) mass is 443 g/mol. The Morgan fingerprint density at radius 2 is 1.77 bits per heavy atom. The number of hydrogen-bond donors (Lipinski definition) is 3. The van der Waals surface area contributed by atoms with Crippen LogP contribution in [-0.4, -0.2) is 25.4 Å². The van der Waals surface area contributed by atoms with Crippen LogP contribution in [0, 0.1) is 5.92 Å². The Hall–Kier alpha value is -2.81. The van der Waals surface area contributed by atoms with E-state index in [-0.39, 0.29) is 11.0 Å². The summed E-state index contributed by atoms with van der Waals surface area (Å²) >= 11 is 0. The number of benzene rings is 1. The Bertz CT molecular complexity index is 1180. The van der Waals surface area contributed by atoms with Crippen molar-refractivity contribution in [3.8, 4) is 0 Å². The van der Waals surface area contributed by atoms with Crippen molar-refractivity contribution in [3.05, 3.63) is 45.7 Å². The SMILES string of the molecule is CC1C/C(=N/O)c2cc(S(=O)(=O)NC(=O)Nc3c4c(cc5c3CCC5)CCC4)oc2C1. The van der Waals surface area contributed by atoms with Gasteiger partial charge in [-0.1, -0.05) is 18.1 Å². The summed E-state index contributed by atoms with van der Waals surface area (Å²) in [6.07, 6.45) is 6.90. The second-order valence-electron chi connectivity index (χ2n) is 8.76. The van der Waals surface area contributed by atoms with Crippen LogP contribution in [0.15, 0.2) is 26.8 Å². The summed E-state index contributed by atoms with van der Waals surface area (Å²) in [5, 5.41) is 15.0. The van der Waals surface area contributed by atoms with Gasteiger partial charge in [-0.15, -0.1) is 0 Å². The molecule has 9 heteroatoms. The molecule has 2 amide bonds. The molecule has 0 spiro atoms. The molecule has 164 valence electrons. The van der Waals surface area contributed by atoms with Crippen LogP contribution in [0.25, 0.3) is 0 Å². The van der Waals surface area contributed by atoms with Crippen LogP contribution in [0.3, 0.4) is 0 Å². The second-order valence-corrected chi connectivity index (χ2v) is 10.4. The molecule has 0 fully saturated rings. The number of hydrogen-bond acceptors (Lipinski definition) is 6. The zero-order valence-corrected chi connectivity index (χ0v) is 18.1. The van der Waals surface area contributed by atoms with Crippen LogP contribution in [-0.2, 0) is 42.1 Å². The number of rotatable bonds is 3. The molecule has 0 bridgehead atoms. The van der Waals surface area contributed by atoms with E-state index in [0.717, 1.165) is 55.3 Å². The molecule has 8 nitrogen and oxygen atoms in total. The van der Waals surface area contributed by atoms with Crippen LogP contribution in [0.1, 0.15) is 59.8 Å². The summed E-state index contributed by atoms with van der Waals surface area (Å²) in [5.74, 6) is 0.615. The molecule has 0 saturated carbocycles. The number of nitrogens with one attached hydrogen (secondary N) is 2. The van der Waals surface area contributed by atoms with Crippen molar-refractivity contribution in [2.24, 2.45) is 11.1 Å². The minimum Gasteiger partial charge on any atom is -0.447 e. The number of fused-ring (bicyclic) bond motifs is 3. The Morgan fingerprint density at radius 1 is 1.10 bits per heavy atom. The van der Waals surface area contributed by atoms with Crippen molar-refractivity contribution < 1.29 is 22.8 Å². The summed E-state index contributed by atoms with van der Waals surface area (Å²) in [6, 6.07) is 2.77. The lowest BCUT2D eigenvalue weighted by Gasteiger charge is -2.17. The predicted molar refractivity (Wildman–Crippen MR) is 114 cm³/mol. The number of nitrogens with zero attached hydrogens (tertiary/aromatic N) is 1. The van der Waals surface area contributed by atoms with Crippen LogP contribution >= 0.6 is 0 Å². The maximum atomic E-state index is 12.8. The van der Waals surface area contributed by atoms with Crippen molar-refractivity contribution in [2.45, 2.75) is 63.4 Å². The topological polar surface area (TPSA) is 121 Å². The third kappa shape index (κ3) is 3.50. The first kappa shape index (κ1) is 20.1. The van der Waals surface area contributed by atoms with Gasteiger partial charge < -0.3 is 14.9 Å². The van der Waals surface area contributed by atoms with Gasteiger partial charge in [-0.2, -0.15) is 8.42 Å². The molecule has 3 aliphatic carbocycles. The van der Waals surface area contributed by atoms with Crippen molar-refractivity contribution >= 4 is 27.5 Å². The largest absolute Gasteiger partial charge is 0.447 e. The van der Waals surface area contributed by atoms with Gasteiger partial charge in [0.15, 0.2) is 0 Å². The zero-order chi connectivity index (χ0) is 21.8. The molecule has 1 atom stereocenters. The minimum absolute atomic E-state index is 0.165. The highest BCUT2D eigenvalue weighted by atomic mass is 32.2. The fourth-order valence-corrected chi connectivity index (χ4v) is 6.01. The number of carbonyl (C=O) groups is 1. The smallest absolute Gasteiger partial charge is 0.333 e. The highest BCUT2D eigenvalue weighted by molar-refractivity contribution is 7.89. The summed E-state index contributed by atoms with van der Waals surface area (Å²) in [5.41, 5.74) is 6.39. The maximum absolute atomic E-state index is 12.8. The summed E-state index contributed by atoms with van der Waals surface area (Å²) < 4.78 is 33.3. The maximum Gasteiger partial charge on any atom is 0.333 e. The van der Waals surface area contributed by atoms with Crippen LogP contribution in [0.4, 0.5) is 10.5 Å². The van der Waals surface area contributed by atoms with Gasteiger partial charge >= 0.3 is 6.03 Å². The molecular formula is C22H25N3O5S. The molecule has 0 radical (unpaired) electrons. The van der Waals surface area contributed by atoms with E-state index in [1.54, 1.807) is 0 Å². The molecule has 0 saturated heterocycles. The van der Waals surface area contributed by atoms with E-state index in [0.29, 0.717) is 29.9 Å². The minimum atomic E-state index is -4.22. The van der Waals surface area contributed by atoms with Gasteiger partial charge in [0.2, 0.25) is 5.09 Å².